The minimum Gasteiger partial charge on any atom is -0.481 e. The van der Waals surface area contributed by atoms with E-state index in [2.05, 4.69) is 29.6 Å². The molecule has 2 aromatic rings. The lowest BCUT2D eigenvalue weighted by Crippen LogP contribution is -2.42. The number of fused-ring (bicyclic) bond motifs is 1. The highest BCUT2D eigenvalue weighted by atomic mass is 16.4. The number of rotatable bonds is 6. The molecule has 0 radical (unpaired) electrons. The summed E-state index contributed by atoms with van der Waals surface area (Å²) in [4.78, 5) is 23.3. The Kier molecular flexibility index (Phi) is 4.33. The first-order valence-electron chi connectivity index (χ1n) is 8.07. The van der Waals surface area contributed by atoms with E-state index in [4.69, 9.17) is 0 Å². The zero-order valence-electron chi connectivity index (χ0n) is 13.0. The Labute approximate surface area is 135 Å². The molecule has 1 amide bonds. The van der Waals surface area contributed by atoms with Crippen molar-refractivity contribution in [3.8, 4) is 0 Å². The Hall–Kier alpha value is -2.36. The Bertz CT molecular complexity index is 729. The highest BCUT2D eigenvalue weighted by Gasteiger charge is 2.45. The smallest absolute Gasteiger partial charge is 0.310 e. The number of carboxylic acids is 1. The summed E-state index contributed by atoms with van der Waals surface area (Å²) in [7, 11) is 0. The maximum Gasteiger partial charge on any atom is 0.310 e. The molecule has 1 fully saturated rings. The van der Waals surface area contributed by atoms with Crippen LogP contribution in [0.5, 0.6) is 0 Å². The van der Waals surface area contributed by atoms with Gasteiger partial charge in [-0.3, -0.25) is 9.59 Å². The van der Waals surface area contributed by atoms with Crippen LogP contribution in [0.1, 0.15) is 31.2 Å². The maximum atomic E-state index is 12.0. The quantitative estimate of drug-likeness (QED) is 0.861. The summed E-state index contributed by atoms with van der Waals surface area (Å²) in [6, 6.07) is 14.3. The number of amides is 1. The predicted molar refractivity (Wildman–Crippen MR) is 89.2 cm³/mol. The molecule has 3 rings (SSSR count). The van der Waals surface area contributed by atoms with E-state index in [0.717, 1.165) is 12.8 Å². The molecule has 0 bridgehead atoms. The molecule has 0 aromatic heterocycles. The highest BCUT2D eigenvalue weighted by molar-refractivity contribution is 5.86. The number of nitrogens with one attached hydrogen (secondary N) is 1. The second kappa shape index (κ2) is 6.41. The van der Waals surface area contributed by atoms with Crippen molar-refractivity contribution >= 4 is 22.6 Å². The lowest BCUT2D eigenvalue weighted by atomic mass is 9.66. The van der Waals surface area contributed by atoms with Gasteiger partial charge in [-0.25, -0.2) is 0 Å². The van der Waals surface area contributed by atoms with Crippen molar-refractivity contribution < 1.29 is 14.7 Å². The standard InChI is InChI=1S/C19H21NO3/c21-17(13-19(18(22)23)10-4-11-19)20-12-9-15-7-3-6-14-5-1-2-8-16(14)15/h1-3,5-8H,4,9-13H2,(H,20,21)(H,22,23). The average Bonchev–Trinajstić information content (AvgIpc) is 2.51. The summed E-state index contributed by atoms with van der Waals surface area (Å²) >= 11 is 0. The molecule has 0 atom stereocenters. The van der Waals surface area contributed by atoms with Crippen LogP contribution < -0.4 is 5.32 Å². The third kappa shape index (κ3) is 3.21. The molecule has 0 spiro atoms. The Morgan fingerprint density at radius 3 is 2.52 bits per heavy atom. The third-order valence-electron chi connectivity index (χ3n) is 4.86. The molecule has 2 N–H and O–H groups in total. The summed E-state index contributed by atoms with van der Waals surface area (Å²) in [5.74, 6) is -1.000. The molecule has 0 aliphatic heterocycles. The molecule has 4 nitrogen and oxygen atoms in total. The first-order valence-corrected chi connectivity index (χ1v) is 8.07. The fourth-order valence-electron chi connectivity index (χ4n) is 3.29. The highest BCUT2D eigenvalue weighted by Crippen LogP contribution is 2.44. The number of hydrogen-bond donors (Lipinski definition) is 2. The number of carbonyl (C=O) groups excluding carboxylic acids is 1. The van der Waals surface area contributed by atoms with Gasteiger partial charge in [0.15, 0.2) is 0 Å². The average molecular weight is 311 g/mol. The lowest BCUT2D eigenvalue weighted by molar-refractivity contribution is -0.157. The molecular weight excluding hydrogens is 290 g/mol. The molecule has 0 saturated heterocycles. The summed E-state index contributed by atoms with van der Waals surface area (Å²) in [5, 5.41) is 14.5. The van der Waals surface area contributed by atoms with E-state index in [9.17, 15) is 14.7 Å². The minimum absolute atomic E-state index is 0.0951. The fraction of sp³-hybridized carbons (Fsp3) is 0.368. The van der Waals surface area contributed by atoms with Crippen LogP contribution >= 0.6 is 0 Å². The minimum atomic E-state index is -0.840. The van der Waals surface area contributed by atoms with Crippen molar-refractivity contribution in [3.63, 3.8) is 0 Å². The van der Waals surface area contributed by atoms with Gasteiger partial charge in [0.1, 0.15) is 0 Å². The van der Waals surface area contributed by atoms with Crippen LogP contribution in [-0.2, 0) is 16.0 Å². The maximum absolute atomic E-state index is 12.0. The summed E-state index contributed by atoms with van der Waals surface area (Å²) in [5.41, 5.74) is 0.378. The molecule has 23 heavy (non-hydrogen) atoms. The van der Waals surface area contributed by atoms with Gasteiger partial charge in [0, 0.05) is 13.0 Å². The van der Waals surface area contributed by atoms with Gasteiger partial charge in [-0.05, 0) is 35.6 Å². The molecule has 0 unspecified atom stereocenters. The molecule has 120 valence electrons. The zero-order chi connectivity index (χ0) is 16.3. The number of aliphatic carboxylic acids is 1. The molecule has 1 saturated carbocycles. The molecule has 1 aliphatic rings. The number of hydrogen-bond acceptors (Lipinski definition) is 2. The van der Waals surface area contributed by atoms with Gasteiger partial charge in [-0.1, -0.05) is 48.9 Å². The van der Waals surface area contributed by atoms with Gasteiger partial charge in [0.25, 0.3) is 0 Å². The van der Waals surface area contributed by atoms with Crippen molar-refractivity contribution in [2.24, 2.45) is 5.41 Å². The van der Waals surface area contributed by atoms with E-state index in [1.807, 2.05) is 18.2 Å². The van der Waals surface area contributed by atoms with Crippen LogP contribution in [0, 0.1) is 5.41 Å². The van der Waals surface area contributed by atoms with Crippen LogP contribution in [0.15, 0.2) is 42.5 Å². The van der Waals surface area contributed by atoms with Gasteiger partial charge in [-0.2, -0.15) is 0 Å². The van der Waals surface area contributed by atoms with Crippen LogP contribution in [0.3, 0.4) is 0 Å². The van der Waals surface area contributed by atoms with E-state index < -0.39 is 11.4 Å². The van der Waals surface area contributed by atoms with Crippen molar-refractivity contribution in [1.82, 2.24) is 5.32 Å². The Balaban J connectivity index is 1.56. The van der Waals surface area contributed by atoms with Gasteiger partial charge in [-0.15, -0.1) is 0 Å². The van der Waals surface area contributed by atoms with E-state index in [-0.39, 0.29) is 12.3 Å². The van der Waals surface area contributed by atoms with Crippen LogP contribution in [0.4, 0.5) is 0 Å². The zero-order valence-corrected chi connectivity index (χ0v) is 13.0. The molecular formula is C19H21NO3. The number of carboxylic acid groups (broad SMARTS) is 1. The van der Waals surface area contributed by atoms with E-state index in [1.165, 1.54) is 16.3 Å². The predicted octanol–water partition coefficient (Wildman–Crippen LogP) is 3.14. The first kappa shape index (κ1) is 15.5. The second-order valence-corrected chi connectivity index (χ2v) is 6.35. The van der Waals surface area contributed by atoms with Crippen LogP contribution in [0.2, 0.25) is 0 Å². The third-order valence-corrected chi connectivity index (χ3v) is 4.86. The molecule has 2 aromatic carbocycles. The lowest BCUT2D eigenvalue weighted by Gasteiger charge is -2.36. The largest absolute Gasteiger partial charge is 0.481 e. The van der Waals surface area contributed by atoms with Gasteiger partial charge >= 0.3 is 5.97 Å². The topological polar surface area (TPSA) is 66.4 Å². The van der Waals surface area contributed by atoms with E-state index in [1.54, 1.807) is 0 Å². The van der Waals surface area contributed by atoms with E-state index >= 15 is 0 Å². The van der Waals surface area contributed by atoms with Crippen molar-refractivity contribution in [2.45, 2.75) is 32.1 Å². The fourth-order valence-corrected chi connectivity index (χ4v) is 3.29. The molecule has 4 heteroatoms. The van der Waals surface area contributed by atoms with Crippen molar-refractivity contribution in [1.29, 1.82) is 0 Å². The number of benzene rings is 2. The van der Waals surface area contributed by atoms with Crippen molar-refractivity contribution in [2.75, 3.05) is 6.54 Å². The number of carbonyl (C=O) groups is 2. The monoisotopic (exact) mass is 311 g/mol. The van der Waals surface area contributed by atoms with E-state index in [0.29, 0.717) is 19.4 Å². The summed E-state index contributed by atoms with van der Waals surface area (Å²) in [6.45, 7) is 0.530. The second-order valence-electron chi connectivity index (χ2n) is 6.35. The van der Waals surface area contributed by atoms with Crippen molar-refractivity contribution in [3.05, 3.63) is 48.0 Å². The normalized spacial score (nSPS) is 15.8. The SMILES string of the molecule is O=C(CC1(C(=O)O)CCC1)NCCc1cccc2ccccc12. The Morgan fingerprint density at radius 2 is 1.83 bits per heavy atom. The molecule has 1 aliphatic carbocycles. The summed E-state index contributed by atoms with van der Waals surface area (Å²) < 4.78 is 0. The van der Waals surface area contributed by atoms with Gasteiger partial charge < -0.3 is 10.4 Å². The van der Waals surface area contributed by atoms with Gasteiger partial charge in [0.2, 0.25) is 5.91 Å². The molecule has 0 heterocycles. The Morgan fingerprint density at radius 1 is 1.09 bits per heavy atom. The first-order chi connectivity index (χ1) is 11.1. The van der Waals surface area contributed by atoms with Crippen LogP contribution in [0.25, 0.3) is 10.8 Å². The summed E-state index contributed by atoms with van der Waals surface area (Å²) in [6.07, 6.45) is 2.96. The van der Waals surface area contributed by atoms with Gasteiger partial charge in [0.05, 0.1) is 5.41 Å². The van der Waals surface area contributed by atoms with Crippen LogP contribution in [-0.4, -0.2) is 23.5 Å².